The van der Waals surface area contributed by atoms with E-state index in [1.54, 1.807) is 23.1 Å². The van der Waals surface area contributed by atoms with E-state index in [9.17, 15) is 4.79 Å². The van der Waals surface area contributed by atoms with Crippen LogP contribution in [0.4, 0.5) is 0 Å². The Labute approximate surface area is 127 Å². The van der Waals surface area contributed by atoms with E-state index in [-0.39, 0.29) is 12.4 Å². The maximum Gasteiger partial charge on any atom is 0.311 e. The van der Waals surface area contributed by atoms with Gasteiger partial charge in [0.1, 0.15) is 5.01 Å². The topological polar surface area (TPSA) is 39.2 Å². The summed E-state index contributed by atoms with van der Waals surface area (Å²) in [6.45, 7) is 4.33. The Morgan fingerprint density at radius 3 is 2.95 bits per heavy atom. The number of hydrogen-bond acceptors (Lipinski definition) is 5. The van der Waals surface area contributed by atoms with Crippen LogP contribution < -0.4 is 0 Å². The third-order valence-corrected chi connectivity index (χ3v) is 4.94. The molecule has 0 atom stereocenters. The monoisotopic (exact) mass is 307 g/mol. The number of carbonyl (C=O) groups is 1. The third-order valence-electron chi connectivity index (χ3n) is 2.67. The Hall–Kier alpha value is -1.33. The molecule has 1 aromatic heterocycles. The predicted octanol–water partition coefficient (Wildman–Crippen LogP) is 3.85. The van der Waals surface area contributed by atoms with Crippen LogP contribution in [0.3, 0.4) is 0 Å². The third kappa shape index (κ3) is 4.35. The van der Waals surface area contributed by atoms with Crippen molar-refractivity contribution in [2.24, 2.45) is 0 Å². The van der Waals surface area contributed by atoms with Gasteiger partial charge in [-0.05, 0) is 25.5 Å². The first-order chi connectivity index (χ1) is 9.69. The second kappa shape index (κ2) is 7.45. The molecule has 0 amide bonds. The summed E-state index contributed by atoms with van der Waals surface area (Å²) < 4.78 is 4.92. The van der Waals surface area contributed by atoms with Crippen LogP contribution in [0.1, 0.15) is 23.2 Å². The lowest BCUT2D eigenvalue weighted by molar-refractivity contribution is -0.142. The molecule has 0 radical (unpaired) electrons. The molecule has 1 heterocycles. The number of hydrogen-bond donors (Lipinski definition) is 0. The molecular weight excluding hydrogens is 290 g/mol. The standard InChI is InChI=1S/C15H17NO2S2/c1-3-18-15(17)8-12-9-20-14(16-12)10-19-13-7-5-4-6-11(13)2/h4-7,9H,3,8,10H2,1-2H3. The van der Waals surface area contributed by atoms with E-state index < -0.39 is 0 Å². The zero-order chi connectivity index (χ0) is 14.4. The summed E-state index contributed by atoms with van der Waals surface area (Å²) in [4.78, 5) is 17.1. The molecule has 0 unspecified atom stereocenters. The SMILES string of the molecule is CCOC(=O)Cc1csc(CSc2ccccc2C)n1. The molecule has 20 heavy (non-hydrogen) atoms. The van der Waals surface area contributed by atoms with Crippen molar-refractivity contribution < 1.29 is 9.53 Å². The van der Waals surface area contributed by atoms with Crippen LogP contribution in [0, 0.1) is 6.92 Å². The van der Waals surface area contributed by atoms with Gasteiger partial charge in [-0.25, -0.2) is 4.98 Å². The average Bonchev–Trinajstić information content (AvgIpc) is 2.85. The first-order valence-electron chi connectivity index (χ1n) is 6.46. The van der Waals surface area contributed by atoms with E-state index in [0.29, 0.717) is 6.61 Å². The van der Waals surface area contributed by atoms with E-state index in [1.807, 2.05) is 24.4 Å². The molecule has 0 N–H and O–H groups in total. The molecule has 0 aliphatic rings. The number of thioether (sulfide) groups is 1. The van der Waals surface area contributed by atoms with Gasteiger partial charge in [-0.2, -0.15) is 0 Å². The Kier molecular flexibility index (Phi) is 5.61. The number of aromatic nitrogens is 1. The number of rotatable bonds is 6. The van der Waals surface area contributed by atoms with Crippen molar-refractivity contribution in [3.05, 3.63) is 45.9 Å². The highest BCUT2D eigenvalue weighted by Crippen LogP contribution is 2.27. The van der Waals surface area contributed by atoms with Crippen molar-refractivity contribution >= 4 is 29.1 Å². The lowest BCUT2D eigenvalue weighted by atomic mass is 10.2. The van der Waals surface area contributed by atoms with Gasteiger partial charge in [0.15, 0.2) is 0 Å². The Balaban J connectivity index is 1.90. The van der Waals surface area contributed by atoms with Gasteiger partial charge >= 0.3 is 5.97 Å². The quantitative estimate of drug-likeness (QED) is 0.600. The Morgan fingerprint density at radius 1 is 1.40 bits per heavy atom. The van der Waals surface area contributed by atoms with Gasteiger partial charge < -0.3 is 4.74 Å². The second-order valence-electron chi connectivity index (χ2n) is 4.27. The van der Waals surface area contributed by atoms with Gasteiger partial charge in [-0.1, -0.05) is 18.2 Å². The number of aryl methyl sites for hydroxylation is 1. The second-order valence-corrected chi connectivity index (χ2v) is 6.23. The minimum absolute atomic E-state index is 0.212. The van der Waals surface area contributed by atoms with E-state index in [1.165, 1.54) is 10.5 Å². The van der Waals surface area contributed by atoms with Gasteiger partial charge in [-0.3, -0.25) is 4.79 Å². The smallest absolute Gasteiger partial charge is 0.311 e. The molecule has 3 nitrogen and oxygen atoms in total. The van der Waals surface area contributed by atoms with Crippen LogP contribution in [0.2, 0.25) is 0 Å². The lowest BCUT2D eigenvalue weighted by Gasteiger charge is -2.02. The summed E-state index contributed by atoms with van der Waals surface area (Å²) >= 11 is 3.37. The van der Waals surface area contributed by atoms with Crippen molar-refractivity contribution in [3.63, 3.8) is 0 Å². The van der Waals surface area contributed by atoms with Gasteiger partial charge in [0, 0.05) is 10.3 Å². The maximum absolute atomic E-state index is 11.4. The van der Waals surface area contributed by atoms with E-state index in [0.717, 1.165) is 16.5 Å². The van der Waals surface area contributed by atoms with Crippen LogP contribution in [-0.2, 0) is 21.7 Å². The summed E-state index contributed by atoms with van der Waals surface area (Å²) in [5.41, 5.74) is 2.08. The summed E-state index contributed by atoms with van der Waals surface area (Å²) in [6, 6.07) is 8.31. The van der Waals surface area contributed by atoms with Gasteiger partial charge in [0.2, 0.25) is 0 Å². The van der Waals surface area contributed by atoms with Crippen molar-refractivity contribution in [3.8, 4) is 0 Å². The van der Waals surface area contributed by atoms with Crippen LogP contribution in [0.25, 0.3) is 0 Å². The Bertz CT molecular complexity index is 581. The zero-order valence-electron chi connectivity index (χ0n) is 11.6. The summed E-state index contributed by atoms with van der Waals surface area (Å²) in [6.07, 6.45) is 0.263. The fraction of sp³-hybridized carbons (Fsp3) is 0.333. The van der Waals surface area contributed by atoms with Crippen LogP contribution in [0.5, 0.6) is 0 Å². The molecule has 0 aliphatic carbocycles. The first kappa shape index (κ1) is 15.1. The highest BCUT2D eigenvalue weighted by molar-refractivity contribution is 7.98. The van der Waals surface area contributed by atoms with Crippen LogP contribution in [0.15, 0.2) is 34.5 Å². The molecule has 0 spiro atoms. The maximum atomic E-state index is 11.4. The van der Waals surface area contributed by atoms with Gasteiger partial charge in [-0.15, -0.1) is 23.1 Å². The summed E-state index contributed by atoms with van der Waals surface area (Å²) in [7, 11) is 0. The number of ether oxygens (including phenoxy) is 1. The van der Waals surface area contributed by atoms with Crippen molar-refractivity contribution in [2.45, 2.75) is 30.9 Å². The molecular formula is C15H17NO2S2. The number of nitrogens with zero attached hydrogens (tertiary/aromatic N) is 1. The minimum Gasteiger partial charge on any atom is -0.466 e. The minimum atomic E-state index is -0.212. The molecule has 0 saturated carbocycles. The largest absolute Gasteiger partial charge is 0.466 e. The molecule has 0 saturated heterocycles. The molecule has 5 heteroatoms. The van der Waals surface area contributed by atoms with Crippen molar-refractivity contribution in [1.29, 1.82) is 0 Å². The highest BCUT2D eigenvalue weighted by Gasteiger charge is 2.09. The van der Waals surface area contributed by atoms with Crippen LogP contribution >= 0.6 is 23.1 Å². The van der Waals surface area contributed by atoms with Gasteiger partial charge in [0.05, 0.1) is 24.5 Å². The summed E-state index contributed by atoms with van der Waals surface area (Å²) in [5.74, 6) is 0.620. The zero-order valence-corrected chi connectivity index (χ0v) is 13.2. The molecule has 0 fully saturated rings. The van der Waals surface area contributed by atoms with E-state index in [4.69, 9.17) is 4.74 Å². The first-order valence-corrected chi connectivity index (χ1v) is 8.33. The number of benzene rings is 1. The average molecular weight is 307 g/mol. The number of thiazole rings is 1. The van der Waals surface area contributed by atoms with Gasteiger partial charge in [0.25, 0.3) is 0 Å². The highest BCUT2D eigenvalue weighted by atomic mass is 32.2. The normalized spacial score (nSPS) is 10.5. The molecule has 0 aliphatic heterocycles. The Morgan fingerprint density at radius 2 is 2.20 bits per heavy atom. The molecule has 0 bridgehead atoms. The summed E-state index contributed by atoms with van der Waals surface area (Å²) in [5, 5.41) is 2.97. The van der Waals surface area contributed by atoms with E-state index >= 15 is 0 Å². The van der Waals surface area contributed by atoms with Crippen molar-refractivity contribution in [1.82, 2.24) is 4.98 Å². The van der Waals surface area contributed by atoms with E-state index in [2.05, 4.69) is 24.0 Å². The fourth-order valence-corrected chi connectivity index (χ4v) is 3.56. The molecule has 106 valence electrons. The fourth-order valence-electron chi connectivity index (χ4n) is 1.71. The van der Waals surface area contributed by atoms with Crippen LogP contribution in [-0.4, -0.2) is 17.6 Å². The molecule has 1 aromatic carbocycles. The lowest BCUT2D eigenvalue weighted by Crippen LogP contribution is -2.07. The number of carbonyl (C=O) groups excluding carboxylic acids is 1. The number of esters is 1. The molecule has 2 aromatic rings. The van der Waals surface area contributed by atoms with Crippen molar-refractivity contribution in [2.75, 3.05) is 6.61 Å². The molecule has 2 rings (SSSR count). The predicted molar refractivity (Wildman–Crippen MR) is 83.2 cm³/mol.